The second-order valence-corrected chi connectivity index (χ2v) is 8.35. The summed E-state index contributed by atoms with van der Waals surface area (Å²) in [5.74, 6) is 1.22. The molecule has 8 heteroatoms. The molecule has 0 aliphatic carbocycles. The van der Waals surface area contributed by atoms with E-state index in [-0.39, 0.29) is 11.1 Å². The molecule has 3 aromatic rings. The fraction of sp³-hybridized carbons (Fsp3) is 0.211. The third kappa shape index (κ3) is 5.22. The summed E-state index contributed by atoms with van der Waals surface area (Å²) in [5, 5.41) is 9.68. The van der Waals surface area contributed by atoms with Gasteiger partial charge in [-0.15, -0.1) is 11.3 Å². The summed E-state index contributed by atoms with van der Waals surface area (Å²) in [6, 6.07) is 12.6. The molecule has 0 saturated heterocycles. The van der Waals surface area contributed by atoms with Crippen molar-refractivity contribution in [2.24, 2.45) is 0 Å². The van der Waals surface area contributed by atoms with Crippen molar-refractivity contribution in [1.82, 2.24) is 15.1 Å². The molecule has 2 heterocycles. The first-order valence-electron chi connectivity index (χ1n) is 8.30. The summed E-state index contributed by atoms with van der Waals surface area (Å²) in [4.78, 5) is 25.9. The number of hydrogen-bond donors (Lipinski definition) is 1. The molecule has 1 amide bonds. The van der Waals surface area contributed by atoms with E-state index in [9.17, 15) is 9.59 Å². The molecule has 0 aliphatic heterocycles. The molecule has 0 fully saturated rings. The first-order valence-corrected chi connectivity index (χ1v) is 10.7. The van der Waals surface area contributed by atoms with Gasteiger partial charge in [0.25, 0.3) is 5.91 Å². The molecule has 0 atom stereocenters. The largest absolute Gasteiger partial charge is 0.350 e. The molecule has 1 aromatic carbocycles. The van der Waals surface area contributed by atoms with Crippen LogP contribution in [0, 0.1) is 6.92 Å². The Morgan fingerprint density at radius 1 is 1.30 bits per heavy atom. The van der Waals surface area contributed by atoms with Gasteiger partial charge in [-0.1, -0.05) is 17.7 Å². The van der Waals surface area contributed by atoms with Crippen LogP contribution in [-0.2, 0) is 5.75 Å². The highest BCUT2D eigenvalue weighted by Crippen LogP contribution is 2.16. The predicted octanol–water partition coefficient (Wildman–Crippen LogP) is 3.92. The molecule has 0 unspecified atom stereocenters. The Bertz CT molecular complexity index is 970. The molecule has 0 aliphatic rings. The van der Waals surface area contributed by atoms with Crippen LogP contribution in [0.5, 0.6) is 0 Å². The Morgan fingerprint density at radius 3 is 2.78 bits per heavy atom. The van der Waals surface area contributed by atoms with E-state index >= 15 is 0 Å². The molecule has 3 rings (SSSR count). The second-order valence-electron chi connectivity index (χ2n) is 5.77. The monoisotopic (exact) mass is 419 g/mol. The Morgan fingerprint density at radius 2 is 2.07 bits per heavy atom. The number of thioether (sulfide) groups is 1. The van der Waals surface area contributed by atoms with Gasteiger partial charge in [0, 0.05) is 39.7 Å². The molecule has 0 radical (unpaired) electrons. The number of carbonyl (C=O) groups excluding carboxylic acids is 1. The summed E-state index contributed by atoms with van der Waals surface area (Å²) in [7, 11) is 0. The SMILES string of the molecule is Cc1cc(=O)c(C(=O)NCCSCc2cccs2)nn1-c1ccc(Cl)cc1. The molecular formula is C19H18ClN3O2S2. The summed E-state index contributed by atoms with van der Waals surface area (Å²) in [6.45, 7) is 2.25. The first-order chi connectivity index (χ1) is 13.0. The lowest BCUT2D eigenvalue weighted by atomic mass is 10.2. The highest BCUT2D eigenvalue weighted by molar-refractivity contribution is 7.98. The van der Waals surface area contributed by atoms with Gasteiger partial charge >= 0.3 is 0 Å². The number of halogens is 1. The van der Waals surface area contributed by atoms with Gasteiger partial charge in [-0.05, 0) is 42.6 Å². The van der Waals surface area contributed by atoms with Crippen molar-refractivity contribution in [2.45, 2.75) is 12.7 Å². The third-order valence-corrected chi connectivity index (χ3v) is 6.07. The molecule has 5 nitrogen and oxygen atoms in total. The Kier molecular flexibility index (Phi) is 6.71. The van der Waals surface area contributed by atoms with Crippen molar-refractivity contribution in [3.63, 3.8) is 0 Å². The highest BCUT2D eigenvalue weighted by atomic mass is 35.5. The molecular weight excluding hydrogens is 402 g/mol. The lowest BCUT2D eigenvalue weighted by Crippen LogP contribution is -2.33. The standard InChI is InChI=1S/C19H18ClN3O2S2/c1-13-11-17(24)18(22-23(13)15-6-4-14(20)5-7-15)19(25)21-8-10-26-12-16-3-2-9-27-16/h2-7,9,11H,8,10,12H2,1H3,(H,21,25). The van der Waals surface area contributed by atoms with Crippen LogP contribution >= 0.6 is 34.7 Å². The smallest absolute Gasteiger partial charge is 0.275 e. The van der Waals surface area contributed by atoms with Gasteiger partial charge in [0.05, 0.1) is 5.69 Å². The topological polar surface area (TPSA) is 64.0 Å². The van der Waals surface area contributed by atoms with Gasteiger partial charge in [-0.3, -0.25) is 9.59 Å². The molecule has 2 aromatic heterocycles. The maximum atomic E-state index is 12.4. The fourth-order valence-electron chi connectivity index (χ4n) is 2.44. The minimum atomic E-state index is -0.459. The normalized spacial score (nSPS) is 10.7. The van der Waals surface area contributed by atoms with Crippen molar-refractivity contribution in [1.29, 1.82) is 0 Å². The van der Waals surface area contributed by atoms with Crippen LogP contribution < -0.4 is 10.7 Å². The van der Waals surface area contributed by atoms with Gasteiger partial charge in [-0.2, -0.15) is 16.9 Å². The number of benzene rings is 1. The first kappa shape index (κ1) is 19.7. The lowest BCUT2D eigenvalue weighted by Gasteiger charge is -2.11. The van der Waals surface area contributed by atoms with Gasteiger partial charge in [-0.25, -0.2) is 4.68 Å². The number of aryl methyl sites for hydroxylation is 1. The molecule has 0 bridgehead atoms. The van der Waals surface area contributed by atoms with Crippen molar-refractivity contribution in [3.05, 3.63) is 79.4 Å². The molecule has 0 saturated carbocycles. The van der Waals surface area contributed by atoms with E-state index in [2.05, 4.69) is 16.5 Å². The van der Waals surface area contributed by atoms with Gasteiger partial charge in [0.1, 0.15) is 0 Å². The van der Waals surface area contributed by atoms with E-state index in [1.807, 2.05) is 11.4 Å². The predicted molar refractivity (Wildman–Crippen MR) is 112 cm³/mol. The average Bonchev–Trinajstić information content (AvgIpc) is 3.16. The molecule has 0 spiro atoms. The van der Waals surface area contributed by atoms with Crippen LogP contribution in [0.3, 0.4) is 0 Å². The minimum absolute atomic E-state index is 0.112. The number of rotatable bonds is 7. The molecule has 27 heavy (non-hydrogen) atoms. The van der Waals surface area contributed by atoms with E-state index < -0.39 is 5.91 Å². The summed E-state index contributed by atoms with van der Waals surface area (Å²) in [6.07, 6.45) is 0. The van der Waals surface area contributed by atoms with Crippen LogP contribution in [0.2, 0.25) is 5.02 Å². The number of nitrogens with zero attached hydrogens (tertiary/aromatic N) is 2. The minimum Gasteiger partial charge on any atom is -0.350 e. The van der Waals surface area contributed by atoms with Crippen LogP contribution in [0.15, 0.2) is 52.6 Å². The number of thiophene rings is 1. The number of nitrogens with one attached hydrogen (secondary N) is 1. The maximum absolute atomic E-state index is 12.4. The zero-order valence-corrected chi connectivity index (χ0v) is 17.0. The van der Waals surface area contributed by atoms with Gasteiger partial charge in [0.2, 0.25) is 5.43 Å². The van der Waals surface area contributed by atoms with E-state index in [1.54, 1.807) is 59.0 Å². The van der Waals surface area contributed by atoms with Gasteiger partial charge < -0.3 is 5.32 Å². The Balaban J connectivity index is 1.64. The van der Waals surface area contributed by atoms with Crippen molar-refractivity contribution in [3.8, 4) is 5.69 Å². The average molecular weight is 420 g/mol. The summed E-state index contributed by atoms with van der Waals surface area (Å²) < 4.78 is 1.57. The highest BCUT2D eigenvalue weighted by Gasteiger charge is 2.15. The number of carbonyl (C=O) groups is 1. The van der Waals surface area contributed by atoms with E-state index in [0.29, 0.717) is 17.3 Å². The van der Waals surface area contributed by atoms with Crippen LogP contribution in [0.4, 0.5) is 0 Å². The second kappa shape index (κ2) is 9.21. The molecule has 140 valence electrons. The lowest BCUT2D eigenvalue weighted by molar-refractivity contribution is 0.0948. The van der Waals surface area contributed by atoms with Crippen molar-refractivity contribution in [2.75, 3.05) is 12.3 Å². The zero-order valence-electron chi connectivity index (χ0n) is 14.6. The number of hydrogen-bond acceptors (Lipinski definition) is 5. The summed E-state index contributed by atoms with van der Waals surface area (Å²) >= 11 is 9.37. The van der Waals surface area contributed by atoms with Crippen LogP contribution in [0.25, 0.3) is 5.69 Å². The van der Waals surface area contributed by atoms with Crippen molar-refractivity contribution >= 4 is 40.6 Å². The Labute approximate surface area is 170 Å². The van der Waals surface area contributed by atoms with E-state index in [0.717, 1.165) is 17.2 Å². The van der Waals surface area contributed by atoms with Crippen molar-refractivity contribution < 1.29 is 4.79 Å². The fourth-order valence-corrected chi connectivity index (χ4v) is 4.26. The maximum Gasteiger partial charge on any atom is 0.275 e. The Hall–Kier alpha value is -2.09. The van der Waals surface area contributed by atoms with Crippen LogP contribution in [0.1, 0.15) is 21.1 Å². The summed E-state index contributed by atoms with van der Waals surface area (Å²) in [5.41, 5.74) is 0.878. The third-order valence-electron chi connectivity index (χ3n) is 3.75. The molecule has 1 N–H and O–H groups in total. The van der Waals surface area contributed by atoms with Gasteiger partial charge in [0.15, 0.2) is 5.69 Å². The van der Waals surface area contributed by atoms with E-state index in [4.69, 9.17) is 11.6 Å². The van der Waals surface area contributed by atoms with E-state index in [1.165, 1.54) is 10.9 Å². The quantitative estimate of drug-likeness (QED) is 0.589. The number of aromatic nitrogens is 2. The zero-order chi connectivity index (χ0) is 19.2. The number of amides is 1. The van der Waals surface area contributed by atoms with Crippen LogP contribution in [-0.4, -0.2) is 28.0 Å².